The van der Waals surface area contributed by atoms with Crippen molar-refractivity contribution in [3.8, 4) is 0 Å². The fourth-order valence-electron chi connectivity index (χ4n) is 2.42. The van der Waals surface area contributed by atoms with Crippen molar-refractivity contribution in [3.63, 3.8) is 0 Å². The van der Waals surface area contributed by atoms with Crippen molar-refractivity contribution >= 4 is 23.2 Å². The number of carbonyl (C=O) groups excluding carboxylic acids is 1. The Bertz CT molecular complexity index is 712. The molecule has 24 heavy (non-hydrogen) atoms. The van der Waals surface area contributed by atoms with Crippen molar-refractivity contribution in [1.29, 1.82) is 0 Å². The molecule has 0 aliphatic carbocycles. The molecule has 1 unspecified atom stereocenters. The Hall–Kier alpha value is -2.21. The molecule has 2 rings (SSSR count). The third kappa shape index (κ3) is 5.16. The molecular formula is C18H22N2O3S. The number of carboxylic acids is 1. The van der Waals surface area contributed by atoms with Crippen molar-refractivity contribution in [2.75, 3.05) is 6.54 Å². The zero-order valence-corrected chi connectivity index (χ0v) is 14.7. The minimum atomic E-state index is -0.909. The van der Waals surface area contributed by atoms with Crippen LogP contribution in [0.15, 0.2) is 30.5 Å². The molecule has 2 N–H and O–H groups in total. The van der Waals surface area contributed by atoms with E-state index < -0.39 is 11.9 Å². The summed E-state index contributed by atoms with van der Waals surface area (Å²) in [5.74, 6) is -1.82. The first kappa shape index (κ1) is 18.1. The average Bonchev–Trinajstić information content (AvgIpc) is 3.00. The molecule has 5 nitrogen and oxygen atoms in total. The second-order valence-electron chi connectivity index (χ2n) is 5.81. The van der Waals surface area contributed by atoms with Crippen molar-refractivity contribution in [2.45, 2.75) is 33.1 Å². The lowest BCUT2D eigenvalue weighted by Gasteiger charge is -2.13. The highest BCUT2D eigenvalue weighted by Gasteiger charge is 2.20. The molecule has 128 valence electrons. The summed E-state index contributed by atoms with van der Waals surface area (Å²) in [5, 5.41) is 13.0. The number of nitrogens with one attached hydrogen (secondary N) is 1. The predicted octanol–water partition coefficient (Wildman–Crippen LogP) is 3.08. The number of aryl methyl sites for hydroxylation is 2. The van der Waals surface area contributed by atoms with Crippen LogP contribution in [0.25, 0.3) is 0 Å². The summed E-state index contributed by atoms with van der Waals surface area (Å²) in [4.78, 5) is 28.4. The maximum Gasteiger partial charge on any atom is 0.308 e. The Morgan fingerprint density at radius 2 is 2.17 bits per heavy atom. The van der Waals surface area contributed by atoms with E-state index in [0.717, 1.165) is 29.0 Å². The van der Waals surface area contributed by atoms with E-state index in [9.17, 15) is 14.7 Å². The molecule has 0 radical (unpaired) electrons. The van der Waals surface area contributed by atoms with E-state index in [2.05, 4.69) is 17.2 Å². The zero-order valence-electron chi connectivity index (χ0n) is 13.9. The minimum absolute atomic E-state index is 0.100. The number of aromatic nitrogens is 1. The molecule has 6 heteroatoms. The van der Waals surface area contributed by atoms with Crippen molar-refractivity contribution in [2.24, 2.45) is 5.92 Å². The lowest BCUT2D eigenvalue weighted by Crippen LogP contribution is -2.33. The number of nitrogens with zero attached hydrogens (tertiary/aromatic N) is 1. The molecular weight excluding hydrogens is 324 g/mol. The summed E-state index contributed by atoms with van der Waals surface area (Å²) in [6, 6.07) is 7.76. The number of hydrogen-bond acceptors (Lipinski definition) is 4. The molecule has 1 amide bonds. The molecule has 0 saturated carbocycles. The van der Waals surface area contributed by atoms with Gasteiger partial charge in [0.05, 0.1) is 17.1 Å². The molecule has 2 aromatic rings. The van der Waals surface area contributed by atoms with Gasteiger partial charge in [0.25, 0.3) is 5.91 Å². The molecule has 0 bridgehead atoms. The minimum Gasteiger partial charge on any atom is -0.481 e. The van der Waals surface area contributed by atoms with Crippen LogP contribution in [0.3, 0.4) is 0 Å². The third-order valence-corrected chi connectivity index (χ3v) is 4.72. The van der Waals surface area contributed by atoms with Gasteiger partial charge in [-0.1, -0.05) is 36.8 Å². The lowest BCUT2D eigenvalue weighted by molar-refractivity contribution is -0.141. The molecule has 1 atom stereocenters. The topological polar surface area (TPSA) is 79.3 Å². The fourth-order valence-corrected chi connectivity index (χ4v) is 3.35. The number of benzene rings is 1. The van der Waals surface area contributed by atoms with Crippen molar-refractivity contribution in [1.82, 2.24) is 10.3 Å². The van der Waals surface area contributed by atoms with Gasteiger partial charge in [-0.2, -0.15) is 0 Å². The number of amides is 1. The highest BCUT2D eigenvalue weighted by Crippen LogP contribution is 2.15. The van der Waals surface area contributed by atoms with Gasteiger partial charge in [-0.15, -0.1) is 11.3 Å². The smallest absolute Gasteiger partial charge is 0.308 e. The van der Waals surface area contributed by atoms with Crippen LogP contribution in [0.4, 0.5) is 0 Å². The van der Waals surface area contributed by atoms with E-state index in [0.29, 0.717) is 11.3 Å². The molecule has 0 aliphatic heterocycles. The van der Waals surface area contributed by atoms with E-state index in [4.69, 9.17) is 0 Å². The molecule has 1 heterocycles. The average molecular weight is 346 g/mol. The first-order valence-corrected chi connectivity index (χ1v) is 8.82. The van der Waals surface area contributed by atoms with Crippen molar-refractivity contribution in [3.05, 3.63) is 51.5 Å². The third-order valence-electron chi connectivity index (χ3n) is 3.66. The van der Waals surface area contributed by atoms with E-state index in [1.54, 1.807) is 6.20 Å². The standard InChI is InChI=1S/C18H22N2O3S/c1-3-5-16-19-11-15(24-16)17(21)20-10-14(18(22)23)9-13-7-4-6-12(2)8-13/h4,6-8,11,14H,3,5,9-10H2,1-2H3,(H,20,21)(H,22,23). The fraction of sp³-hybridized carbons (Fsp3) is 0.389. The molecule has 0 fully saturated rings. The van der Waals surface area contributed by atoms with Crippen molar-refractivity contribution < 1.29 is 14.7 Å². The zero-order chi connectivity index (χ0) is 17.5. The van der Waals surface area contributed by atoms with Crippen LogP contribution in [0.1, 0.15) is 39.2 Å². The highest BCUT2D eigenvalue weighted by molar-refractivity contribution is 7.13. The van der Waals surface area contributed by atoms with Crippen LogP contribution in [0, 0.1) is 12.8 Å². The summed E-state index contributed by atoms with van der Waals surface area (Å²) in [7, 11) is 0. The Balaban J connectivity index is 1.95. The Morgan fingerprint density at radius 1 is 1.38 bits per heavy atom. The van der Waals surface area contributed by atoms with E-state index >= 15 is 0 Å². The van der Waals surface area contributed by atoms with Crippen LogP contribution >= 0.6 is 11.3 Å². The maximum absolute atomic E-state index is 12.2. The number of thiazole rings is 1. The van der Waals surface area contributed by atoms with Crippen LogP contribution in [-0.2, 0) is 17.6 Å². The van der Waals surface area contributed by atoms with Gasteiger partial charge in [-0.25, -0.2) is 4.98 Å². The van der Waals surface area contributed by atoms with Gasteiger partial charge >= 0.3 is 5.97 Å². The Morgan fingerprint density at radius 3 is 2.83 bits per heavy atom. The predicted molar refractivity (Wildman–Crippen MR) is 94.5 cm³/mol. The Labute approximate surface area is 145 Å². The molecule has 1 aromatic heterocycles. The van der Waals surface area contributed by atoms with Gasteiger partial charge in [-0.3, -0.25) is 9.59 Å². The number of rotatable bonds is 8. The maximum atomic E-state index is 12.2. The van der Waals surface area contributed by atoms with Crippen LogP contribution < -0.4 is 5.32 Å². The summed E-state index contributed by atoms with van der Waals surface area (Å²) < 4.78 is 0. The second-order valence-corrected chi connectivity index (χ2v) is 6.92. The molecule has 0 aliphatic rings. The number of carboxylic acid groups (broad SMARTS) is 1. The highest BCUT2D eigenvalue weighted by atomic mass is 32.1. The van der Waals surface area contributed by atoms with E-state index in [1.165, 1.54) is 11.3 Å². The SMILES string of the molecule is CCCc1ncc(C(=O)NCC(Cc2cccc(C)c2)C(=O)O)s1. The van der Waals surface area contributed by atoms with E-state index in [-0.39, 0.29) is 12.5 Å². The number of carbonyl (C=O) groups is 2. The number of aliphatic carboxylic acids is 1. The van der Waals surface area contributed by atoms with Crippen LogP contribution in [-0.4, -0.2) is 28.5 Å². The first-order chi connectivity index (χ1) is 11.5. The lowest BCUT2D eigenvalue weighted by atomic mass is 9.98. The van der Waals surface area contributed by atoms with Gasteiger partial charge in [0, 0.05) is 6.54 Å². The summed E-state index contributed by atoms with van der Waals surface area (Å²) >= 11 is 1.36. The Kier molecular flexibility index (Phi) is 6.49. The monoisotopic (exact) mass is 346 g/mol. The summed E-state index contributed by atoms with van der Waals surface area (Å²) in [6.07, 6.45) is 3.78. The molecule has 1 aromatic carbocycles. The quantitative estimate of drug-likeness (QED) is 0.770. The summed E-state index contributed by atoms with van der Waals surface area (Å²) in [6.45, 7) is 4.13. The molecule has 0 saturated heterocycles. The first-order valence-electron chi connectivity index (χ1n) is 8.00. The second kappa shape index (κ2) is 8.59. The number of hydrogen-bond donors (Lipinski definition) is 2. The molecule has 0 spiro atoms. The van der Waals surface area contributed by atoms with Gasteiger partial charge in [-0.05, 0) is 31.7 Å². The van der Waals surface area contributed by atoms with Gasteiger partial charge < -0.3 is 10.4 Å². The van der Waals surface area contributed by atoms with E-state index in [1.807, 2.05) is 31.2 Å². The normalized spacial score (nSPS) is 11.9. The van der Waals surface area contributed by atoms with Crippen LogP contribution in [0.5, 0.6) is 0 Å². The van der Waals surface area contributed by atoms with Crippen LogP contribution in [0.2, 0.25) is 0 Å². The largest absolute Gasteiger partial charge is 0.481 e. The summed E-state index contributed by atoms with van der Waals surface area (Å²) in [5.41, 5.74) is 2.05. The van der Waals surface area contributed by atoms with Gasteiger partial charge in [0.15, 0.2) is 0 Å². The van der Waals surface area contributed by atoms with Gasteiger partial charge in [0.2, 0.25) is 0 Å². The van der Waals surface area contributed by atoms with Gasteiger partial charge in [0.1, 0.15) is 4.88 Å².